The van der Waals surface area contributed by atoms with Gasteiger partial charge in [0.25, 0.3) is 0 Å². The molecule has 2 aromatic carbocycles. The Morgan fingerprint density at radius 3 is 2.16 bits per heavy atom. The maximum Gasteiger partial charge on any atom is 0.335 e. The molecule has 0 atom stereocenters. The van der Waals surface area contributed by atoms with E-state index in [-0.39, 0.29) is 18.0 Å². The zero-order chi connectivity index (χ0) is 13.7. The molecule has 0 radical (unpaired) electrons. The van der Waals surface area contributed by atoms with Gasteiger partial charge in [-0.15, -0.1) is 0 Å². The van der Waals surface area contributed by atoms with Crippen LogP contribution in [0.1, 0.15) is 15.9 Å². The fourth-order valence-electron chi connectivity index (χ4n) is 1.60. The van der Waals surface area contributed by atoms with Crippen LogP contribution in [0.15, 0.2) is 54.6 Å². The Morgan fingerprint density at radius 1 is 0.947 bits per heavy atom. The van der Waals surface area contributed by atoms with E-state index >= 15 is 0 Å². The molecule has 0 saturated carbocycles. The summed E-state index contributed by atoms with van der Waals surface area (Å²) < 4.78 is 5.12. The maximum atomic E-state index is 11.7. The molecule has 4 heteroatoms. The number of rotatable bonds is 4. The van der Waals surface area contributed by atoms with Gasteiger partial charge in [0.2, 0.25) is 0 Å². The smallest absolute Gasteiger partial charge is 0.335 e. The largest absolute Gasteiger partial charge is 0.478 e. The quantitative estimate of drug-likeness (QED) is 0.674. The third-order valence-electron chi connectivity index (χ3n) is 2.52. The van der Waals surface area contributed by atoms with Gasteiger partial charge >= 0.3 is 11.9 Å². The number of ether oxygens (including phenoxy) is 1. The lowest BCUT2D eigenvalue weighted by molar-refractivity contribution is -0.133. The Labute approximate surface area is 110 Å². The fourth-order valence-corrected chi connectivity index (χ4v) is 1.60. The number of benzene rings is 2. The molecule has 2 aromatic rings. The minimum absolute atomic E-state index is 0.155. The van der Waals surface area contributed by atoms with E-state index in [2.05, 4.69) is 0 Å². The zero-order valence-corrected chi connectivity index (χ0v) is 10.1. The Kier molecular flexibility index (Phi) is 3.93. The first-order valence-electron chi connectivity index (χ1n) is 5.73. The van der Waals surface area contributed by atoms with Crippen LogP contribution in [-0.2, 0) is 11.2 Å². The van der Waals surface area contributed by atoms with Crippen LogP contribution in [0.4, 0.5) is 0 Å². The number of carbonyl (C=O) groups is 2. The number of carboxylic acids is 1. The lowest BCUT2D eigenvalue weighted by Crippen LogP contribution is -2.11. The molecule has 0 aliphatic carbocycles. The van der Waals surface area contributed by atoms with Crippen molar-refractivity contribution in [3.8, 4) is 5.75 Å². The summed E-state index contributed by atoms with van der Waals surface area (Å²) in [5.41, 5.74) is 1.03. The first-order valence-corrected chi connectivity index (χ1v) is 5.73. The Morgan fingerprint density at radius 2 is 1.58 bits per heavy atom. The number of hydrogen-bond donors (Lipinski definition) is 1. The van der Waals surface area contributed by atoms with Crippen LogP contribution in [-0.4, -0.2) is 17.0 Å². The molecule has 0 unspecified atom stereocenters. The van der Waals surface area contributed by atoms with Gasteiger partial charge in [-0.1, -0.05) is 30.3 Å². The summed E-state index contributed by atoms with van der Waals surface area (Å²) in [5.74, 6) is -1.05. The SMILES string of the molecule is O=C(Cc1ccccc1)Oc1ccc(C(=O)O)cc1. The lowest BCUT2D eigenvalue weighted by atomic mass is 10.1. The highest BCUT2D eigenvalue weighted by atomic mass is 16.5. The summed E-state index contributed by atoms with van der Waals surface area (Å²) in [6.45, 7) is 0. The molecule has 1 N–H and O–H groups in total. The Bertz CT molecular complexity index is 573. The molecule has 0 amide bonds. The minimum atomic E-state index is -1.01. The molecule has 0 aliphatic rings. The molecular weight excluding hydrogens is 244 g/mol. The fraction of sp³-hybridized carbons (Fsp3) is 0.0667. The van der Waals surface area contributed by atoms with Gasteiger partial charge < -0.3 is 9.84 Å². The van der Waals surface area contributed by atoms with Crippen LogP contribution in [0.25, 0.3) is 0 Å². The summed E-state index contributed by atoms with van der Waals surface area (Å²) in [7, 11) is 0. The van der Waals surface area contributed by atoms with E-state index in [0.29, 0.717) is 5.75 Å². The third kappa shape index (κ3) is 3.67. The number of carboxylic acid groups (broad SMARTS) is 1. The van der Waals surface area contributed by atoms with Crippen molar-refractivity contribution in [2.24, 2.45) is 0 Å². The van der Waals surface area contributed by atoms with E-state index in [4.69, 9.17) is 9.84 Å². The number of carbonyl (C=O) groups excluding carboxylic acids is 1. The molecule has 0 saturated heterocycles. The second kappa shape index (κ2) is 5.82. The average molecular weight is 256 g/mol. The monoisotopic (exact) mass is 256 g/mol. The highest BCUT2D eigenvalue weighted by Gasteiger charge is 2.07. The predicted molar refractivity (Wildman–Crippen MR) is 69.2 cm³/mol. The van der Waals surface area contributed by atoms with Gasteiger partial charge in [-0.3, -0.25) is 4.79 Å². The van der Waals surface area contributed by atoms with Gasteiger partial charge in [-0.25, -0.2) is 4.79 Å². The van der Waals surface area contributed by atoms with Crippen LogP contribution in [0.3, 0.4) is 0 Å². The molecule has 96 valence electrons. The van der Waals surface area contributed by atoms with E-state index in [0.717, 1.165) is 5.56 Å². The minimum Gasteiger partial charge on any atom is -0.478 e. The molecule has 0 aromatic heterocycles. The van der Waals surface area contributed by atoms with Gasteiger partial charge in [0.15, 0.2) is 0 Å². The lowest BCUT2D eigenvalue weighted by Gasteiger charge is -2.04. The van der Waals surface area contributed by atoms with Gasteiger partial charge in [-0.2, -0.15) is 0 Å². The van der Waals surface area contributed by atoms with E-state index < -0.39 is 5.97 Å². The standard InChI is InChI=1S/C15H12O4/c16-14(10-11-4-2-1-3-5-11)19-13-8-6-12(7-9-13)15(17)18/h1-9H,10H2,(H,17,18). The second-order valence-corrected chi connectivity index (χ2v) is 3.97. The first-order chi connectivity index (χ1) is 9.15. The van der Waals surface area contributed by atoms with Crippen molar-refractivity contribution in [3.63, 3.8) is 0 Å². The topological polar surface area (TPSA) is 63.6 Å². The van der Waals surface area contributed by atoms with Crippen molar-refractivity contribution >= 4 is 11.9 Å². The molecule has 0 bridgehead atoms. The molecule has 2 rings (SSSR count). The Balaban J connectivity index is 1.97. The molecule has 0 aliphatic heterocycles. The van der Waals surface area contributed by atoms with Gasteiger partial charge in [-0.05, 0) is 29.8 Å². The zero-order valence-electron chi connectivity index (χ0n) is 10.1. The molecule has 19 heavy (non-hydrogen) atoms. The predicted octanol–water partition coefficient (Wildman–Crippen LogP) is 2.53. The van der Waals surface area contributed by atoms with E-state index in [1.165, 1.54) is 24.3 Å². The third-order valence-corrected chi connectivity index (χ3v) is 2.52. The van der Waals surface area contributed by atoms with Gasteiger partial charge in [0.1, 0.15) is 5.75 Å². The second-order valence-electron chi connectivity index (χ2n) is 3.97. The van der Waals surface area contributed by atoms with Crippen molar-refractivity contribution in [3.05, 3.63) is 65.7 Å². The van der Waals surface area contributed by atoms with Crippen molar-refractivity contribution in [2.75, 3.05) is 0 Å². The van der Waals surface area contributed by atoms with Crippen molar-refractivity contribution in [1.82, 2.24) is 0 Å². The molecule has 4 nitrogen and oxygen atoms in total. The molecule has 0 heterocycles. The summed E-state index contributed by atoms with van der Waals surface area (Å²) >= 11 is 0. The van der Waals surface area contributed by atoms with E-state index in [9.17, 15) is 9.59 Å². The van der Waals surface area contributed by atoms with Crippen molar-refractivity contribution < 1.29 is 19.4 Å². The van der Waals surface area contributed by atoms with Crippen LogP contribution in [0.5, 0.6) is 5.75 Å². The summed E-state index contributed by atoms with van der Waals surface area (Å²) in [6.07, 6.45) is 0.182. The normalized spacial score (nSPS) is 9.89. The first kappa shape index (κ1) is 12.8. The summed E-state index contributed by atoms with van der Waals surface area (Å²) in [4.78, 5) is 22.3. The van der Waals surface area contributed by atoms with Crippen LogP contribution in [0, 0.1) is 0 Å². The summed E-state index contributed by atoms with van der Waals surface area (Å²) in [5, 5.41) is 8.74. The van der Waals surface area contributed by atoms with Crippen LogP contribution in [0.2, 0.25) is 0 Å². The van der Waals surface area contributed by atoms with Crippen LogP contribution < -0.4 is 4.74 Å². The number of hydrogen-bond acceptors (Lipinski definition) is 3. The van der Waals surface area contributed by atoms with Crippen LogP contribution >= 0.6 is 0 Å². The molecular formula is C15H12O4. The highest BCUT2D eigenvalue weighted by Crippen LogP contribution is 2.13. The number of aromatic carboxylic acids is 1. The molecule has 0 spiro atoms. The van der Waals surface area contributed by atoms with Crippen molar-refractivity contribution in [2.45, 2.75) is 6.42 Å². The van der Waals surface area contributed by atoms with Gasteiger partial charge in [0, 0.05) is 0 Å². The van der Waals surface area contributed by atoms with Gasteiger partial charge in [0.05, 0.1) is 12.0 Å². The van der Waals surface area contributed by atoms with Crippen molar-refractivity contribution in [1.29, 1.82) is 0 Å². The average Bonchev–Trinajstić information content (AvgIpc) is 2.40. The maximum absolute atomic E-state index is 11.7. The van der Waals surface area contributed by atoms with E-state index in [1.807, 2.05) is 30.3 Å². The summed E-state index contributed by atoms with van der Waals surface area (Å²) in [6, 6.07) is 15.0. The van der Waals surface area contributed by atoms with E-state index in [1.54, 1.807) is 0 Å². The number of esters is 1. The highest BCUT2D eigenvalue weighted by molar-refractivity contribution is 5.87. The Hall–Kier alpha value is -2.62. The molecule has 0 fully saturated rings.